The molecule has 0 N–H and O–H groups in total. The third kappa shape index (κ3) is 4.18. The monoisotopic (exact) mass is 259 g/mol. The minimum Gasteiger partial charge on any atom is -0.359 e. The summed E-state index contributed by atoms with van der Waals surface area (Å²) in [7, 11) is 2.03. The van der Waals surface area contributed by atoms with Gasteiger partial charge in [0.2, 0.25) is 0 Å². The van der Waals surface area contributed by atoms with Gasteiger partial charge in [-0.05, 0) is 18.6 Å². The Hall–Kier alpha value is -0.480. The van der Waals surface area contributed by atoms with Crippen LogP contribution in [0.5, 0.6) is 0 Å². The molecule has 0 aliphatic carbocycles. The summed E-state index contributed by atoms with van der Waals surface area (Å²) in [4.78, 5) is 10.7. The fraction of sp³-hybridized carbons (Fsp3) is 0.636. The van der Waals surface area contributed by atoms with Crippen LogP contribution >= 0.6 is 23.4 Å². The lowest BCUT2D eigenvalue weighted by atomic mass is 10.1. The SMILES string of the molecule is CSc1nc(Cl)cc(N(C)CCC(C)C)n1. The molecule has 0 fully saturated rings. The van der Waals surface area contributed by atoms with Crippen molar-refractivity contribution in [3.63, 3.8) is 0 Å². The van der Waals surface area contributed by atoms with E-state index in [1.165, 1.54) is 11.8 Å². The van der Waals surface area contributed by atoms with Gasteiger partial charge in [-0.3, -0.25) is 0 Å². The number of anilines is 1. The van der Waals surface area contributed by atoms with Crippen molar-refractivity contribution in [2.75, 3.05) is 24.7 Å². The molecular weight excluding hydrogens is 242 g/mol. The van der Waals surface area contributed by atoms with Gasteiger partial charge in [0.1, 0.15) is 11.0 Å². The minimum atomic E-state index is 0.505. The van der Waals surface area contributed by atoms with Crippen LogP contribution in [0.15, 0.2) is 11.2 Å². The van der Waals surface area contributed by atoms with E-state index in [2.05, 4.69) is 28.7 Å². The van der Waals surface area contributed by atoms with Gasteiger partial charge in [0, 0.05) is 19.7 Å². The smallest absolute Gasteiger partial charge is 0.190 e. The molecule has 0 aliphatic rings. The highest BCUT2D eigenvalue weighted by atomic mass is 35.5. The highest BCUT2D eigenvalue weighted by molar-refractivity contribution is 7.98. The molecule has 0 atom stereocenters. The Balaban J connectivity index is 2.74. The average Bonchev–Trinajstić information content (AvgIpc) is 2.24. The predicted molar refractivity (Wildman–Crippen MR) is 71.5 cm³/mol. The van der Waals surface area contributed by atoms with E-state index in [1.807, 2.05) is 19.4 Å². The van der Waals surface area contributed by atoms with Gasteiger partial charge < -0.3 is 4.90 Å². The van der Waals surface area contributed by atoms with Crippen molar-refractivity contribution >= 4 is 29.2 Å². The van der Waals surface area contributed by atoms with E-state index in [0.29, 0.717) is 11.1 Å². The summed E-state index contributed by atoms with van der Waals surface area (Å²) in [5.41, 5.74) is 0. The number of thioether (sulfide) groups is 1. The molecule has 0 aliphatic heterocycles. The van der Waals surface area contributed by atoms with Gasteiger partial charge in [0.25, 0.3) is 0 Å². The van der Waals surface area contributed by atoms with Crippen LogP contribution in [0.1, 0.15) is 20.3 Å². The zero-order valence-corrected chi connectivity index (χ0v) is 11.8. The topological polar surface area (TPSA) is 29.0 Å². The van der Waals surface area contributed by atoms with Gasteiger partial charge in [-0.15, -0.1) is 0 Å². The lowest BCUT2D eigenvalue weighted by Crippen LogP contribution is -2.21. The third-order valence-electron chi connectivity index (χ3n) is 2.28. The molecule has 0 amide bonds. The number of aromatic nitrogens is 2. The van der Waals surface area contributed by atoms with Crippen LogP contribution in [0.25, 0.3) is 0 Å². The lowest BCUT2D eigenvalue weighted by molar-refractivity contribution is 0.583. The van der Waals surface area contributed by atoms with Gasteiger partial charge in [-0.25, -0.2) is 9.97 Å². The molecule has 1 heterocycles. The molecule has 0 radical (unpaired) electrons. The van der Waals surface area contributed by atoms with Crippen LogP contribution in [-0.2, 0) is 0 Å². The largest absolute Gasteiger partial charge is 0.359 e. The van der Waals surface area contributed by atoms with Crippen molar-refractivity contribution in [1.82, 2.24) is 9.97 Å². The molecular formula is C11H18ClN3S. The minimum absolute atomic E-state index is 0.505. The molecule has 0 saturated carbocycles. The first-order valence-electron chi connectivity index (χ1n) is 5.32. The van der Waals surface area contributed by atoms with Crippen molar-refractivity contribution in [3.05, 3.63) is 11.2 Å². The van der Waals surface area contributed by atoms with Gasteiger partial charge >= 0.3 is 0 Å². The Kier molecular flexibility index (Phi) is 5.35. The second-order valence-electron chi connectivity index (χ2n) is 4.14. The Morgan fingerprint density at radius 3 is 2.69 bits per heavy atom. The number of rotatable bonds is 5. The van der Waals surface area contributed by atoms with Gasteiger partial charge in [-0.1, -0.05) is 37.2 Å². The van der Waals surface area contributed by atoms with E-state index in [9.17, 15) is 0 Å². The molecule has 0 bridgehead atoms. The van der Waals surface area contributed by atoms with E-state index < -0.39 is 0 Å². The number of hydrogen-bond acceptors (Lipinski definition) is 4. The van der Waals surface area contributed by atoms with E-state index in [1.54, 1.807) is 0 Å². The van der Waals surface area contributed by atoms with Crippen LogP contribution in [0.2, 0.25) is 5.15 Å². The van der Waals surface area contributed by atoms with Crippen LogP contribution < -0.4 is 4.90 Å². The molecule has 1 aromatic rings. The van der Waals surface area contributed by atoms with Gasteiger partial charge in [0.05, 0.1) is 0 Å². The summed E-state index contributed by atoms with van der Waals surface area (Å²) < 4.78 is 0. The first kappa shape index (κ1) is 13.6. The normalized spacial score (nSPS) is 10.9. The maximum absolute atomic E-state index is 5.94. The molecule has 90 valence electrons. The first-order valence-corrected chi connectivity index (χ1v) is 6.93. The zero-order valence-electron chi connectivity index (χ0n) is 10.2. The van der Waals surface area contributed by atoms with Crippen molar-refractivity contribution in [1.29, 1.82) is 0 Å². The van der Waals surface area contributed by atoms with Crippen molar-refractivity contribution in [2.24, 2.45) is 5.92 Å². The first-order chi connectivity index (χ1) is 7.52. The molecule has 5 heteroatoms. The summed E-state index contributed by atoms with van der Waals surface area (Å²) in [6.07, 6.45) is 3.09. The molecule has 0 aromatic carbocycles. The Morgan fingerprint density at radius 2 is 2.12 bits per heavy atom. The molecule has 16 heavy (non-hydrogen) atoms. The Labute approximate surface area is 107 Å². The maximum atomic E-state index is 5.94. The van der Waals surface area contributed by atoms with Crippen LogP contribution in [-0.4, -0.2) is 29.8 Å². The van der Waals surface area contributed by atoms with Gasteiger partial charge in [0.15, 0.2) is 5.16 Å². The second-order valence-corrected chi connectivity index (χ2v) is 5.30. The molecule has 0 saturated heterocycles. The standard InChI is InChI=1S/C11H18ClN3S/c1-8(2)5-6-15(3)10-7-9(12)13-11(14-10)16-4/h7-8H,5-6H2,1-4H3. The van der Waals surface area contributed by atoms with E-state index in [4.69, 9.17) is 11.6 Å². The number of hydrogen-bond donors (Lipinski definition) is 0. The van der Waals surface area contributed by atoms with Crippen LogP contribution in [0.4, 0.5) is 5.82 Å². The number of halogens is 1. The summed E-state index contributed by atoms with van der Waals surface area (Å²) in [6.45, 7) is 5.42. The Morgan fingerprint density at radius 1 is 1.44 bits per heavy atom. The molecule has 1 aromatic heterocycles. The Bertz CT molecular complexity index is 344. The van der Waals surface area contributed by atoms with Crippen molar-refractivity contribution < 1.29 is 0 Å². The summed E-state index contributed by atoms with van der Waals surface area (Å²) in [5, 5.41) is 1.23. The fourth-order valence-corrected chi connectivity index (χ4v) is 1.84. The third-order valence-corrected chi connectivity index (χ3v) is 3.02. The van der Waals surface area contributed by atoms with Crippen LogP contribution in [0, 0.1) is 5.92 Å². The van der Waals surface area contributed by atoms with E-state index >= 15 is 0 Å². The average molecular weight is 260 g/mol. The summed E-state index contributed by atoms with van der Waals surface area (Å²) in [6, 6.07) is 1.81. The van der Waals surface area contributed by atoms with E-state index in [0.717, 1.165) is 23.9 Å². The highest BCUT2D eigenvalue weighted by Crippen LogP contribution is 2.20. The summed E-state index contributed by atoms with van der Waals surface area (Å²) in [5.74, 6) is 1.59. The molecule has 0 unspecified atom stereocenters. The van der Waals surface area contributed by atoms with Crippen LogP contribution in [0.3, 0.4) is 0 Å². The zero-order chi connectivity index (χ0) is 12.1. The lowest BCUT2D eigenvalue weighted by Gasteiger charge is -2.19. The molecule has 1 rings (SSSR count). The maximum Gasteiger partial charge on any atom is 0.190 e. The quantitative estimate of drug-likeness (QED) is 0.461. The fourth-order valence-electron chi connectivity index (χ4n) is 1.24. The predicted octanol–water partition coefficient (Wildman–Crippen LogP) is 3.33. The van der Waals surface area contributed by atoms with E-state index in [-0.39, 0.29) is 0 Å². The molecule has 3 nitrogen and oxygen atoms in total. The second kappa shape index (κ2) is 6.30. The van der Waals surface area contributed by atoms with Crippen molar-refractivity contribution in [2.45, 2.75) is 25.4 Å². The highest BCUT2D eigenvalue weighted by Gasteiger charge is 2.07. The molecule has 0 spiro atoms. The van der Waals surface area contributed by atoms with Gasteiger partial charge in [-0.2, -0.15) is 0 Å². The van der Waals surface area contributed by atoms with Crippen molar-refractivity contribution in [3.8, 4) is 0 Å². The summed E-state index contributed by atoms with van der Waals surface area (Å²) >= 11 is 7.45. The number of nitrogens with zero attached hydrogens (tertiary/aromatic N) is 3.